The van der Waals surface area contributed by atoms with Gasteiger partial charge in [-0.15, -0.1) is 0 Å². The Hall–Kier alpha value is -2.62. The fourth-order valence-electron chi connectivity index (χ4n) is 2.49. The first-order valence-electron chi connectivity index (χ1n) is 7.55. The van der Waals surface area contributed by atoms with Crippen molar-refractivity contribution in [2.75, 3.05) is 0 Å². The lowest BCUT2D eigenvalue weighted by Gasteiger charge is -2.18. The van der Waals surface area contributed by atoms with Crippen molar-refractivity contribution in [3.63, 3.8) is 0 Å². The topological polar surface area (TPSA) is 37.3 Å². The summed E-state index contributed by atoms with van der Waals surface area (Å²) in [6, 6.07) is 3.02. The zero-order valence-electron chi connectivity index (χ0n) is 13.9. The van der Waals surface area contributed by atoms with Gasteiger partial charge in [0, 0.05) is 10.6 Å². The van der Waals surface area contributed by atoms with Gasteiger partial charge in [-0.2, -0.15) is 26.3 Å². The summed E-state index contributed by atoms with van der Waals surface area (Å²) in [5, 5.41) is 8.41. The molecule has 2 nitrogen and oxygen atoms in total. The molecule has 0 saturated heterocycles. The predicted molar refractivity (Wildman–Crippen MR) is 87.7 cm³/mol. The second-order valence-corrected chi connectivity index (χ2v) is 6.24. The van der Waals surface area contributed by atoms with Crippen molar-refractivity contribution < 1.29 is 45.0 Å². The van der Waals surface area contributed by atoms with Gasteiger partial charge in [0.15, 0.2) is 0 Å². The van der Waals surface area contributed by atoms with Crippen molar-refractivity contribution in [2.45, 2.75) is 18.3 Å². The number of hydrogen-bond donors (Lipinski definition) is 1. The van der Waals surface area contributed by atoms with Gasteiger partial charge in [0.05, 0.1) is 11.1 Å². The first-order chi connectivity index (χ1) is 13.2. The number of carboxylic acids is 1. The molecule has 0 bridgehead atoms. The maximum atomic E-state index is 14.4. The minimum absolute atomic E-state index is 0.0406. The molecule has 0 fully saturated rings. The summed E-state index contributed by atoms with van der Waals surface area (Å²) in [5.41, 5.74) is -4.63. The summed E-state index contributed by atoms with van der Waals surface area (Å²) >= 11 is 5.51. The largest absolute Gasteiger partial charge is 0.478 e. The Labute approximate surface area is 163 Å². The quantitative estimate of drug-likeness (QED) is 0.523. The Balaban J connectivity index is 2.60. The smallest absolute Gasteiger partial charge is 0.417 e. The number of carbonyl (C=O) groups is 1. The first-order valence-corrected chi connectivity index (χ1v) is 7.93. The summed E-state index contributed by atoms with van der Waals surface area (Å²) in [4.78, 5) is 10.9. The molecule has 2 aromatic rings. The van der Waals surface area contributed by atoms with E-state index in [1.807, 2.05) is 0 Å². The lowest BCUT2D eigenvalue weighted by atomic mass is 9.95. The maximum absolute atomic E-state index is 14.4. The third kappa shape index (κ3) is 5.47. The van der Waals surface area contributed by atoms with E-state index < -0.39 is 63.2 Å². The molecule has 0 amide bonds. The van der Waals surface area contributed by atoms with Crippen LogP contribution >= 0.6 is 11.6 Å². The van der Waals surface area contributed by atoms with Gasteiger partial charge < -0.3 is 5.11 Å². The Kier molecular flexibility index (Phi) is 6.27. The van der Waals surface area contributed by atoms with Gasteiger partial charge in [0.25, 0.3) is 0 Å². The lowest BCUT2D eigenvalue weighted by molar-refractivity contribution is -0.140. The Morgan fingerprint density at radius 3 is 2.14 bits per heavy atom. The number of alkyl halides is 6. The van der Waals surface area contributed by atoms with Gasteiger partial charge in [0.2, 0.25) is 0 Å². The molecule has 0 aliphatic rings. The summed E-state index contributed by atoms with van der Waals surface area (Å²) in [5.74, 6) is -7.50. The predicted octanol–water partition coefficient (Wildman–Crippen LogP) is 6.85. The molecule has 0 aliphatic heterocycles. The van der Waals surface area contributed by atoms with Crippen molar-refractivity contribution in [3.8, 4) is 0 Å². The van der Waals surface area contributed by atoms with E-state index in [4.69, 9.17) is 16.7 Å². The number of hydrogen-bond acceptors (Lipinski definition) is 1. The van der Waals surface area contributed by atoms with Crippen molar-refractivity contribution >= 4 is 23.4 Å². The third-order valence-electron chi connectivity index (χ3n) is 3.74. The van der Waals surface area contributed by atoms with Crippen LogP contribution in [0.2, 0.25) is 5.02 Å². The van der Waals surface area contributed by atoms with Crippen molar-refractivity contribution in [3.05, 3.63) is 75.6 Å². The van der Waals surface area contributed by atoms with E-state index in [9.17, 15) is 39.9 Å². The van der Waals surface area contributed by atoms with E-state index in [0.29, 0.717) is 18.2 Å². The maximum Gasteiger partial charge on any atom is 0.417 e. The SMILES string of the molecule is O=C(O)c1ccc(/C(F)=C/C(c2cc(F)cc(Cl)c2)C(F)(F)F)cc1C(F)(F)F. The van der Waals surface area contributed by atoms with Gasteiger partial charge >= 0.3 is 18.3 Å². The number of rotatable bonds is 4. The number of aromatic carboxylic acids is 1. The fourth-order valence-corrected chi connectivity index (χ4v) is 2.72. The third-order valence-corrected chi connectivity index (χ3v) is 3.96. The molecule has 0 saturated carbocycles. The standard InChI is InChI=1S/C18H9ClF8O2/c19-10-3-9(4-11(20)6-10)13(17(22,23)24)7-15(21)8-1-2-12(16(28)29)14(5-8)18(25,26)27/h1-7,13H,(H,28,29)/b15-7-. The van der Waals surface area contributed by atoms with Crippen LogP contribution in [0, 0.1) is 5.82 Å². The Morgan fingerprint density at radius 1 is 1.03 bits per heavy atom. The zero-order chi connectivity index (χ0) is 22.1. The van der Waals surface area contributed by atoms with Crippen molar-refractivity contribution in [1.29, 1.82) is 0 Å². The molecule has 0 aromatic heterocycles. The fraction of sp³-hybridized carbons (Fsp3) is 0.167. The van der Waals surface area contributed by atoms with Crippen LogP contribution in [0.25, 0.3) is 5.83 Å². The van der Waals surface area contributed by atoms with Crippen LogP contribution in [0.5, 0.6) is 0 Å². The van der Waals surface area contributed by atoms with Crippen LogP contribution in [0.4, 0.5) is 35.1 Å². The molecule has 0 radical (unpaired) electrons. The van der Waals surface area contributed by atoms with Crippen LogP contribution < -0.4 is 0 Å². The van der Waals surface area contributed by atoms with E-state index in [1.54, 1.807) is 0 Å². The van der Waals surface area contributed by atoms with Gasteiger partial charge in [-0.3, -0.25) is 0 Å². The zero-order valence-corrected chi connectivity index (χ0v) is 14.6. The highest BCUT2D eigenvalue weighted by molar-refractivity contribution is 6.30. The van der Waals surface area contributed by atoms with Crippen LogP contribution in [-0.2, 0) is 6.18 Å². The minimum Gasteiger partial charge on any atom is -0.478 e. The molecule has 2 rings (SSSR count). The molecule has 11 heteroatoms. The average molecular weight is 445 g/mol. The van der Waals surface area contributed by atoms with Crippen LogP contribution in [0.3, 0.4) is 0 Å². The number of allylic oxidation sites excluding steroid dienone is 1. The van der Waals surface area contributed by atoms with Crippen molar-refractivity contribution in [2.24, 2.45) is 0 Å². The molecule has 0 heterocycles. The molecule has 0 aliphatic carbocycles. The van der Waals surface area contributed by atoms with Gasteiger partial charge in [-0.25, -0.2) is 13.6 Å². The second kappa shape index (κ2) is 8.02. The highest BCUT2D eigenvalue weighted by Gasteiger charge is 2.41. The Morgan fingerprint density at radius 2 is 1.66 bits per heavy atom. The first kappa shape index (κ1) is 22.7. The minimum atomic E-state index is -5.19. The summed E-state index contributed by atoms with van der Waals surface area (Å²) in [7, 11) is 0. The van der Waals surface area contributed by atoms with Gasteiger partial charge in [0.1, 0.15) is 17.6 Å². The molecule has 1 unspecified atom stereocenters. The van der Waals surface area contributed by atoms with E-state index >= 15 is 0 Å². The second-order valence-electron chi connectivity index (χ2n) is 5.80. The van der Waals surface area contributed by atoms with Gasteiger partial charge in [-0.1, -0.05) is 17.7 Å². The number of carboxylic acid groups (broad SMARTS) is 1. The van der Waals surface area contributed by atoms with E-state index in [-0.39, 0.29) is 12.1 Å². The van der Waals surface area contributed by atoms with Crippen LogP contribution in [-0.4, -0.2) is 17.3 Å². The number of halogens is 9. The molecule has 156 valence electrons. The van der Waals surface area contributed by atoms with Crippen LogP contribution in [0.1, 0.15) is 33.0 Å². The Bertz CT molecular complexity index is 943. The lowest BCUT2D eigenvalue weighted by Crippen LogP contribution is -2.19. The molecule has 2 aromatic carbocycles. The van der Waals surface area contributed by atoms with Gasteiger partial charge in [-0.05, 0) is 42.0 Å². The summed E-state index contributed by atoms with van der Waals surface area (Å²) < 4.78 is 107. The van der Waals surface area contributed by atoms with E-state index in [2.05, 4.69) is 0 Å². The van der Waals surface area contributed by atoms with Crippen molar-refractivity contribution in [1.82, 2.24) is 0 Å². The highest BCUT2D eigenvalue weighted by atomic mass is 35.5. The molecule has 1 atom stereocenters. The molecule has 29 heavy (non-hydrogen) atoms. The summed E-state index contributed by atoms with van der Waals surface area (Å²) in [6.45, 7) is 0. The molecule has 1 N–H and O–H groups in total. The summed E-state index contributed by atoms with van der Waals surface area (Å²) in [6.07, 6.45) is -10.4. The average Bonchev–Trinajstić information content (AvgIpc) is 2.56. The normalized spacial score (nSPS) is 14.0. The molecule has 0 spiro atoms. The molecular formula is C18H9ClF8O2. The highest BCUT2D eigenvalue weighted by Crippen LogP contribution is 2.40. The monoisotopic (exact) mass is 444 g/mol. The van der Waals surface area contributed by atoms with E-state index in [0.717, 1.165) is 12.1 Å². The number of benzene rings is 2. The molecular weight excluding hydrogens is 436 g/mol. The van der Waals surface area contributed by atoms with Crippen LogP contribution in [0.15, 0.2) is 42.5 Å². The van der Waals surface area contributed by atoms with E-state index in [1.165, 1.54) is 0 Å².